The van der Waals surface area contributed by atoms with Crippen LogP contribution in [-0.2, 0) is 16.0 Å². The topological polar surface area (TPSA) is 43.4 Å². The zero-order valence-electron chi connectivity index (χ0n) is 13.9. The van der Waals surface area contributed by atoms with Gasteiger partial charge in [-0.1, -0.05) is 13.0 Å². The number of rotatable bonds is 1. The highest BCUT2D eigenvalue weighted by Crippen LogP contribution is 2.59. The van der Waals surface area contributed by atoms with E-state index >= 15 is 0 Å². The first-order valence-electron chi connectivity index (χ1n) is 8.83. The highest BCUT2D eigenvalue weighted by molar-refractivity contribution is 5.87. The van der Waals surface area contributed by atoms with E-state index in [1.54, 1.807) is 0 Å². The monoisotopic (exact) mass is 312 g/mol. The maximum Gasteiger partial charge on any atom is 0.308 e. The van der Waals surface area contributed by atoms with Crippen LogP contribution >= 0.6 is 0 Å². The van der Waals surface area contributed by atoms with E-state index in [9.17, 15) is 9.59 Å². The van der Waals surface area contributed by atoms with Crippen molar-refractivity contribution in [3.63, 3.8) is 0 Å². The van der Waals surface area contributed by atoms with E-state index in [4.69, 9.17) is 4.74 Å². The molecule has 0 radical (unpaired) electrons. The molecule has 3 nitrogen and oxygen atoms in total. The van der Waals surface area contributed by atoms with Gasteiger partial charge in [-0.2, -0.15) is 0 Å². The molecule has 1 aromatic carbocycles. The van der Waals surface area contributed by atoms with Gasteiger partial charge in [0.2, 0.25) is 0 Å². The van der Waals surface area contributed by atoms with Crippen molar-refractivity contribution in [3.05, 3.63) is 29.3 Å². The van der Waals surface area contributed by atoms with Crippen molar-refractivity contribution in [1.29, 1.82) is 0 Å². The van der Waals surface area contributed by atoms with Crippen LogP contribution in [0.1, 0.15) is 63.0 Å². The Morgan fingerprint density at radius 1 is 1.22 bits per heavy atom. The van der Waals surface area contributed by atoms with Crippen LogP contribution in [0.2, 0.25) is 0 Å². The Hall–Kier alpha value is -1.64. The quantitative estimate of drug-likeness (QED) is 0.580. The lowest BCUT2D eigenvalue weighted by Gasteiger charge is -2.48. The van der Waals surface area contributed by atoms with Gasteiger partial charge in [-0.3, -0.25) is 9.59 Å². The number of Topliss-reactive ketones (excluding diaryl/α,β-unsaturated/α-hetero) is 1. The zero-order valence-corrected chi connectivity index (χ0v) is 13.9. The summed E-state index contributed by atoms with van der Waals surface area (Å²) in [6, 6.07) is 6.13. The van der Waals surface area contributed by atoms with Gasteiger partial charge in [-0.05, 0) is 73.1 Å². The van der Waals surface area contributed by atoms with Crippen molar-refractivity contribution in [1.82, 2.24) is 0 Å². The molecule has 3 aliphatic carbocycles. The molecule has 2 saturated carbocycles. The van der Waals surface area contributed by atoms with E-state index < -0.39 is 0 Å². The number of carbonyl (C=O) groups is 2. The third-order valence-corrected chi connectivity index (χ3v) is 6.67. The van der Waals surface area contributed by atoms with E-state index in [0.717, 1.165) is 38.5 Å². The molecule has 0 spiro atoms. The lowest BCUT2D eigenvalue weighted by molar-refractivity contribution is -0.132. The summed E-state index contributed by atoms with van der Waals surface area (Å²) in [7, 11) is 0. The van der Waals surface area contributed by atoms with Crippen LogP contribution in [0.3, 0.4) is 0 Å². The smallest absolute Gasteiger partial charge is 0.308 e. The second-order valence-electron chi connectivity index (χ2n) is 7.79. The van der Waals surface area contributed by atoms with E-state index in [2.05, 4.69) is 13.0 Å². The minimum atomic E-state index is -0.267. The number of ether oxygens (including phenoxy) is 1. The lowest BCUT2D eigenvalue weighted by Crippen LogP contribution is -2.42. The Morgan fingerprint density at radius 2 is 2.04 bits per heavy atom. The number of ketones is 1. The molecule has 122 valence electrons. The SMILES string of the molecule is CC(=O)Oc1ccc2c(c1)CC[C@H]1[C@H]2CC[C@]2(C)C(=O)CC[C@@H]12. The second kappa shape index (κ2) is 5.19. The molecule has 0 bridgehead atoms. The number of aryl methyl sites for hydroxylation is 1. The molecule has 1 aromatic rings. The first kappa shape index (κ1) is 14.9. The van der Waals surface area contributed by atoms with E-state index in [1.807, 2.05) is 12.1 Å². The normalized spacial score (nSPS) is 35.2. The van der Waals surface area contributed by atoms with Crippen LogP contribution in [0.25, 0.3) is 0 Å². The van der Waals surface area contributed by atoms with Crippen LogP contribution < -0.4 is 4.74 Å². The van der Waals surface area contributed by atoms with Crippen molar-refractivity contribution < 1.29 is 14.3 Å². The van der Waals surface area contributed by atoms with Gasteiger partial charge in [0.05, 0.1) is 0 Å². The predicted molar refractivity (Wildman–Crippen MR) is 87.4 cm³/mol. The molecule has 4 atom stereocenters. The van der Waals surface area contributed by atoms with Gasteiger partial charge in [-0.15, -0.1) is 0 Å². The number of hydrogen-bond donors (Lipinski definition) is 0. The molecule has 4 rings (SSSR count). The average Bonchev–Trinajstić information content (AvgIpc) is 2.82. The minimum absolute atomic E-state index is 0.0592. The first-order chi connectivity index (χ1) is 11.0. The third-order valence-electron chi connectivity index (χ3n) is 6.67. The van der Waals surface area contributed by atoms with Crippen molar-refractivity contribution in [2.75, 3.05) is 0 Å². The largest absolute Gasteiger partial charge is 0.427 e. The number of hydrogen-bond acceptors (Lipinski definition) is 3. The summed E-state index contributed by atoms with van der Waals surface area (Å²) in [6.07, 6.45) is 6.20. The Kier molecular flexibility index (Phi) is 3.36. The Morgan fingerprint density at radius 3 is 2.83 bits per heavy atom. The number of esters is 1. The van der Waals surface area contributed by atoms with Crippen molar-refractivity contribution in [2.24, 2.45) is 17.3 Å². The summed E-state index contributed by atoms with van der Waals surface area (Å²) >= 11 is 0. The van der Waals surface area contributed by atoms with Gasteiger partial charge in [0, 0.05) is 18.8 Å². The second-order valence-corrected chi connectivity index (χ2v) is 7.79. The standard InChI is InChI=1S/C20H24O3/c1-12(21)23-14-4-6-15-13(11-14)3-5-17-16(15)9-10-20(2)18(17)7-8-19(20)22/h4,6,11,16-18H,3,5,7-10H2,1-2H3/t16-,17-,18-,20-/m0/s1. The number of benzene rings is 1. The summed E-state index contributed by atoms with van der Waals surface area (Å²) < 4.78 is 5.23. The molecule has 23 heavy (non-hydrogen) atoms. The minimum Gasteiger partial charge on any atom is -0.427 e. The number of fused-ring (bicyclic) bond motifs is 5. The highest BCUT2D eigenvalue weighted by Gasteiger charge is 2.54. The molecule has 0 saturated heterocycles. The van der Waals surface area contributed by atoms with E-state index in [-0.39, 0.29) is 11.4 Å². The highest BCUT2D eigenvalue weighted by atomic mass is 16.5. The summed E-state index contributed by atoms with van der Waals surface area (Å²) in [6.45, 7) is 3.65. The van der Waals surface area contributed by atoms with E-state index in [1.165, 1.54) is 18.1 Å². The zero-order chi connectivity index (χ0) is 16.2. The molecule has 2 fully saturated rings. The van der Waals surface area contributed by atoms with Crippen LogP contribution in [0.15, 0.2) is 18.2 Å². The van der Waals surface area contributed by atoms with Gasteiger partial charge < -0.3 is 4.74 Å². The maximum atomic E-state index is 12.3. The summed E-state index contributed by atoms with van der Waals surface area (Å²) in [5.41, 5.74) is 2.70. The maximum absolute atomic E-state index is 12.3. The molecule has 0 aliphatic heterocycles. The summed E-state index contributed by atoms with van der Waals surface area (Å²) in [5, 5.41) is 0. The first-order valence-corrected chi connectivity index (χ1v) is 8.83. The summed E-state index contributed by atoms with van der Waals surface area (Å²) in [5.74, 6) is 2.68. The molecule has 0 aromatic heterocycles. The van der Waals surface area contributed by atoms with Crippen molar-refractivity contribution in [2.45, 2.75) is 58.3 Å². The molecule has 0 amide bonds. The van der Waals surface area contributed by atoms with Gasteiger partial charge >= 0.3 is 5.97 Å². The molecule has 0 heterocycles. The fourth-order valence-corrected chi connectivity index (χ4v) is 5.56. The van der Waals surface area contributed by atoms with Crippen LogP contribution in [-0.4, -0.2) is 11.8 Å². The molecule has 3 aliphatic rings. The van der Waals surface area contributed by atoms with E-state index in [0.29, 0.717) is 29.3 Å². The number of carbonyl (C=O) groups excluding carboxylic acids is 2. The predicted octanol–water partition coefficient (Wildman–Crippen LogP) is 4.04. The molecular weight excluding hydrogens is 288 g/mol. The van der Waals surface area contributed by atoms with Crippen molar-refractivity contribution >= 4 is 11.8 Å². The van der Waals surface area contributed by atoms with Crippen LogP contribution in [0.5, 0.6) is 5.75 Å². The van der Waals surface area contributed by atoms with Gasteiger partial charge in [0.15, 0.2) is 0 Å². The summed E-state index contributed by atoms with van der Waals surface area (Å²) in [4.78, 5) is 23.5. The van der Waals surface area contributed by atoms with Gasteiger partial charge in [-0.25, -0.2) is 0 Å². The van der Waals surface area contributed by atoms with Crippen LogP contribution in [0.4, 0.5) is 0 Å². The fourth-order valence-electron chi connectivity index (χ4n) is 5.56. The van der Waals surface area contributed by atoms with Gasteiger partial charge in [0.1, 0.15) is 11.5 Å². The molecular formula is C20H24O3. The Balaban J connectivity index is 1.65. The Bertz CT molecular complexity index is 677. The van der Waals surface area contributed by atoms with Crippen LogP contribution in [0, 0.1) is 17.3 Å². The molecule has 0 N–H and O–H groups in total. The Labute approximate surface area is 137 Å². The third kappa shape index (κ3) is 2.24. The fraction of sp³-hybridized carbons (Fsp3) is 0.600. The average molecular weight is 312 g/mol. The molecule has 3 heteroatoms. The lowest BCUT2D eigenvalue weighted by atomic mass is 9.55. The molecule has 0 unspecified atom stereocenters. The van der Waals surface area contributed by atoms with Crippen molar-refractivity contribution in [3.8, 4) is 5.75 Å². The van der Waals surface area contributed by atoms with Gasteiger partial charge in [0.25, 0.3) is 0 Å².